The largest absolute Gasteiger partial charge is 0.495 e. The number of hydrogen-bond acceptors (Lipinski definition) is 3. The Bertz CT molecular complexity index is 438. The zero-order chi connectivity index (χ0) is 13.9. The Kier molecular flexibility index (Phi) is 4.74. The van der Waals surface area contributed by atoms with Gasteiger partial charge in [0.15, 0.2) is 0 Å². The van der Waals surface area contributed by atoms with Crippen LogP contribution in [0, 0.1) is 0 Å². The highest BCUT2D eigenvalue weighted by molar-refractivity contribution is 9.10. The molecule has 2 atom stereocenters. The molecule has 0 bridgehead atoms. The number of rotatable bonds is 4. The molecule has 106 valence electrons. The molecule has 1 saturated heterocycles. The van der Waals surface area contributed by atoms with Gasteiger partial charge in [-0.1, -0.05) is 6.92 Å². The van der Waals surface area contributed by atoms with Crippen molar-refractivity contribution in [3.63, 3.8) is 0 Å². The number of methoxy groups -OCH3 is 1. The molecule has 1 N–H and O–H groups in total. The lowest BCUT2D eigenvalue weighted by Gasteiger charge is -2.38. The van der Waals surface area contributed by atoms with E-state index in [1.54, 1.807) is 7.11 Å². The van der Waals surface area contributed by atoms with Crippen LogP contribution in [0.1, 0.15) is 33.1 Å². The number of benzene rings is 1. The summed E-state index contributed by atoms with van der Waals surface area (Å²) in [5, 5.41) is 3.59. The predicted molar refractivity (Wildman–Crippen MR) is 82.0 cm³/mol. The minimum absolute atomic E-state index is 0.00929. The summed E-state index contributed by atoms with van der Waals surface area (Å²) >= 11 is 3.47. The quantitative estimate of drug-likeness (QED) is 0.898. The molecule has 1 aromatic rings. The summed E-state index contributed by atoms with van der Waals surface area (Å²) in [4.78, 5) is 0. The average molecular weight is 328 g/mol. The van der Waals surface area contributed by atoms with Gasteiger partial charge in [-0.25, -0.2) is 0 Å². The van der Waals surface area contributed by atoms with Crippen molar-refractivity contribution in [1.82, 2.24) is 0 Å². The van der Waals surface area contributed by atoms with Crippen LogP contribution in [0.15, 0.2) is 22.7 Å². The standard InChI is InChI=1S/C15H22BrNO2/c1-4-15(2)10-12(7-8-19-15)17-11-5-6-13(16)14(9-11)18-3/h5-6,9,12,17H,4,7-8,10H2,1-3H3. The Morgan fingerprint density at radius 2 is 2.32 bits per heavy atom. The third kappa shape index (κ3) is 3.63. The number of ether oxygens (including phenoxy) is 2. The maximum Gasteiger partial charge on any atom is 0.135 e. The maximum absolute atomic E-state index is 5.87. The van der Waals surface area contributed by atoms with E-state index in [2.05, 4.69) is 41.2 Å². The summed E-state index contributed by atoms with van der Waals surface area (Å²) in [5.74, 6) is 0.857. The van der Waals surface area contributed by atoms with E-state index in [1.165, 1.54) is 0 Å². The molecule has 0 aromatic heterocycles. The molecule has 1 heterocycles. The second-order valence-electron chi connectivity index (χ2n) is 5.34. The second-order valence-corrected chi connectivity index (χ2v) is 6.19. The first-order valence-corrected chi connectivity index (χ1v) is 7.59. The van der Waals surface area contributed by atoms with Gasteiger partial charge < -0.3 is 14.8 Å². The summed E-state index contributed by atoms with van der Waals surface area (Å²) in [7, 11) is 1.69. The highest BCUT2D eigenvalue weighted by Crippen LogP contribution is 2.32. The summed E-state index contributed by atoms with van der Waals surface area (Å²) in [6.07, 6.45) is 3.14. The van der Waals surface area contributed by atoms with E-state index in [0.29, 0.717) is 6.04 Å². The first-order chi connectivity index (χ1) is 9.06. The van der Waals surface area contributed by atoms with E-state index in [0.717, 1.165) is 41.8 Å². The molecule has 1 aliphatic heterocycles. The van der Waals surface area contributed by atoms with E-state index in [-0.39, 0.29) is 5.60 Å². The van der Waals surface area contributed by atoms with E-state index in [1.807, 2.05) is 12.1 Å². The molecule has 1 aliphatic rings. The third-order valence-electron chi connectivity index (χ3n) is 3.86. The Morgan fingerprint density at radius 3 is 3.00 bits per heavy atom. The van der Waals surface area contributed by atoms with Crippen molar-refractivity contribution in [1.29, 1.82) is 0 Å². The number of anilines is 1. The molecule has 1 aromatic carbocycles. The van der Waals surface area contributed by atoms with Gasteiger partial charge >= 0.3 is 0 Å². The van der Waals surface area contributed by atoms with Crippen molar-refractivity contribution in [3.8, 4) is 5.75 Å². The lowest BCUT2D eigenvalue weighted by molar-refractivity contribution is -0.0708. The Hall–Kier alpha value is -0.740. The van der Waals surface area contributed by atoms with Crippen LogP contribution in [0.25, 0.3) is 0 Å². The smallest absolute Gasteiger partial charge is 0.135 e. The van der Waals surface area contributed by atoms with Crippen LogP contribution in [0.5, 0.6) is 5.75 Å². The average Bonchev–Trinajstić information content (AvgIpc) is 2.41. The molecule has 4 heteroatoms. The van der Waals surface area contributed by atoms with Gasteiger partial charge in [-0.15, -0.1) is 0 Å². The normalized spacial score (nSPS) is 27.1. The van der Waals surface area contributed by atoms with Crippen molar-refractivity contribution in [2.45, 2.75) is 44.8 Å². The van der Waals surface area contributed by atoms with E-state index in [9.17, 15) is 0 Å². The monoisotopic (exact) mass is 327 g/mol. The van der Waals surface area contributed by atoms with Crippen molar-refractivity contribution >= 4 is 21.6 Å². The van der Waals surface area contributed by atoms with Crippen LogP contribution in [-0.2, 0) is 4.74 Å². The molecule has 2 unspecified atom stereocenters. The zero-order valence-corrected chi connectivity index (χ0v) is 13.4. The molecule has 19 heavy (non-hydrogen) atoms. The highest BCUT2D eigenvalue weighted by Gasteiger charge is 2.31. The third-order valence-corrected chi connectivity index (χ3v) is 4.52. The molecule has 1 fully saturated rings. The minimum Gasteiger partial charge on any atom is -0.495 e. The van der Waals surface area contributed by atoms with Crippen molar-refractivity contribution in [2.75, 3.05) is 19.0 Å². The zero-order valence-electron chi connectivity index (χ0n) is 11.8. The van der Waals surface area contributed by atoms with Gasteiger partial charge in [0, 0.05) is 24.4 Å². The lowest BCUT2D eigenvalue weighted by atomic mass is 9.90. The second kappa shape index (κ2) is 6.14. The Morgan fingerprint density at radius 1 is 1.53 bits per heavy atom. The number of halogens is 1. The van der Waals surface area contributed by atoms with Gasteiger partial charge in [0.05, 0.1) is 17.2 Å². The van der Waals surface area contributed by atoms with Crippen LogP contribution < -0.4 is 10.1 Å². The topological polar surface area (TPSA) is 30.5 Å². The molecule has 0 aliphatic carbocycles. The van der Waals surface area contributed by atoms with Crippen LogP contribution in [0.4, 0.5) is 5.69 Å². The van der Waals surface area contributed by atoms with Crippen LogP contribution in [-0.4, -0.2) is 25.4 Å². The first kappa shape index (κ1) is 14.7. The predicted octanol–water partition coefficient (Wildman–Crippen LogP) is 4.22. The SMILES string of the molecule is CCC1(C)CC(Nc2ccc(Br)c(OC)c2)CCO1. The van der Waals surface area contributed by atoms with Crippen LogP contribution >= 0.6 is 15.9 Å². The fourth-order valence-electron chi connectivity index (χ4n) is 2.48. The maximum atomic E-state index is 5.87. The lowest BCUT2D eigenvalue weighted by Crippen LogP contribution is -2.41. The Balaban J connectivity index is 2.04. The Labute approximate surface area is 123 Å². The molecule has 0 radical (unpaired) electrons. The molecule has 0 spiro atoms. The molecule has 0 saturated carbocycles. The van der Waals surface area contributed by atoms with Gasteiger partial charge in [-0.2, -0.15) is 0 Å². The van der Waals surface area contributed by atoms with E-state index < -0.39 is 0 Å². The fraction of sp³-hybridized carbons (Fsp3) is 0.600. The van der Waals surface area contributed by atoms with Gasteiger partial charge in [0.1, 0.15) is 5.75 Å². The first-order valence-electron chi connectivity index (χ1n) is 6.80. The molecular formula is C15H22BrNO2. The fourth-order valence-corrected chi connectivity index (χ4v) is 2.89. The van der Waals surface area contributed by atoms with Crippen molar-refractivity contribution < 1.29 is 9.47 Å². The molecular weight excluding hydrogens is 306 g/mol. The summed E-state index contributed by atoms with van der Waals surface area (Å²) in [6, 6.07) is 6.58. The van der Waals surface area contributed by atoms with E-state index in [4.69, 9.17) is 9.47 Å². The highest BCUT2D eigenvalue weighted by atomic mass is 79.9. The van der Waals surface area contributed by atoms with Crippen LogP contribution in [0.2, 0.25) is 0 Å². The molecule has 0 amide bonds. The van der Waals surface area contributed by atoms with Gasteiger partial charge in [0.2, 0.25) is 0 Å². The van der Waals surface area contributed by atoms with E-state index >= 15 is 0 Å². The van der Waals surface area contributed by atoms with Gasteiger partial charge in [-0.05, 0) is 54.2 Å². The van der Waals surface area contributed by atoms with Crippen molar-refractivity contribution in [3.05, 3.63) is 22.7 Å². The summed E-state index contributed by atoms with van der Waals surface area (Å²) < 4.78 is 12.2. The van der Waals surface area contributed by atoms with Gasteiger partial charge in [0.25, 0.3) is 0 Å². The minimum atomic E-state index is 0.00929. The molecule has 3 nitrogen and oxygen atoms in total. The van der Waals surface area contributed by atoms with Crippen LogP contribution in [0.3, 0.4) is 0 Å². The number of nitrogens with one attached hydrogen (secondary N) is 1. The van der Waals surface area contributed by atoms with Gasteiger partial charge in [-0.3, -0.25) is 0 Å². The summed E-state index contributed by atoms with van der Waals surface area (Å²) in [5.41, 5.74) is 1.11. The summed E-state index contributed by atoms with van der Waals surface area (Å²) in [6.45, 7) is 5.21. The number of hydrogen-bond donors (Lipinski definition) is 1. The van der Waals surface area contributed by atoms with Crippen molar-refractivity contribution in [2.24, 2.45) is 0 Å². The molecule has 2 rings (SSSR count).